The largest absolute Gasteiger partial charge is 0.492 e. The van der Waals surface area contributed by atoms with Crippen LogP contribution in [-0.4, -0.2) is 23.7 Å². The van der Waals surface area contributed by atoms with E-state index in [9.17, 15) is 4.79 Å². The standard InChI is InChI=1S/C21H25BrN2O3S/c1-4-5-12-26-18-11-10-15(13-16(18)22)20(25)24-21(28)23-17-8-6-7-9-19(17)27-14(2)3/h6-11,13-14H,4-5,12H2,1-3H3,(H2,23,24,25,28). The van der Waals surface area contributed by atoms with Crippen LogP contribution in [0, 0.1) is 0 Å². The van der Waals surface area contributed by atoms with E-state index in [-0.39, 0.29) is 17.1 Å². The number of thiocarbonyl (C=S) groups is 1. The van der Waals surface area contributed by atoms with Crippen molar-refractivity contribution in [3.63, 3.8) is 0 Å². The van der Waals surface area contributed by atoms with E-state index >= 15 is 0 Å². The lowest BCUT2D eigenvalue weighted by molar-refractivity contribution is 0.0977. The summed E-state index contributed by atoms with van der Waals surface area (Å²) in [6.45, 7) is 6.65. The topological polar surface area (TPSA) is 59.6 Å². The van der Waals surface area contributed by atoms with Gasteiger partial charge in [-0.3, -0.25) is 10.1 Å². The molecule has 0 unspecified atom stereocenters. The minimum Gasteiger partial charge on any atom is -0.492 e. The zero-order valence-corrected chi connectivity index (χ0v) is 18.7. The Morgan fingerprint density at radius 1 is 1.18 bits per heavy atom. The van der Waals surface area contributed by atoms with E-state index in [4.69, 9.17) is 21.7 Å². The second-order valence-electron chi connectivity index (χ2n) is 6.42. The third-order valence-corrected chi connectivity index (χ3v) is 4.50. The van der Waals surface area contributed by atoms with Crippen LogP contribution in [0.5, 0.6) is 11.5 Å². The molecule has 0 saturated carbocycles. The Kier molecular flexibility index (Phi) is 8.73. The maximum Gasteiger partial charge on any atom is 0.257 e. The molecule has 0 aromatic heterocycles. The lowest BCUT2D eigenvalue weighted by Gasteiger charge is -2.16. The molecule has 0 aliphatic heterocycles. The van der Waals surface area contributed by atoms with E-state index in [0.717, 1.165) is 17.3 Å². The third-order valence-electron chi connectivity index (χ3n) is 3.67. The average Bonchev–Trinajstić information content (AvgIpc) is 2.64. The van der Waals surface area contributed by atoms with E-state index in [1.54, 1.807) is 18.2 Å². The number of amides is 1. The number of anilines is 1. The number of rotatable bonds is 8. The Hall–Kier alpha value is -2.12. The van der Waals surface area contributed by atoms with Gasteiger partial charge in [0.05, 0.1) is 22.9 Å². The molecule has 0 heterocycles. The number of ether oxygens (including phenoxy) is 2. The summed E-state index contributed by atoms with van der Waals surface area (Å²) in [6.07, 6.45) is 2.08. The molecular formula is C21H25BrN2O3S. The fourth-order valence-corrected chi connectivity index (χ4v) is 3.04. The van der Waals surface area contributed by atoms with Gasteiger partial charge >= 0.3 is 0 Å². The zero-order valence-electron chi connectivity index (χ0n) is 16.3. The fraction of sp³-hybridized carbons (Fsp3) is 0.333. The first-order chi connectivity index (χ1) is 13.4. The molecule has 5 nitrogen and oxygen atoms in total. The number of benzene rings is 2. The number of nitrogens with one attached hydrogen (secondary N) is 2. The maximum atomic E-state index is 12.5. The van der Waals surface area contributed by atoms with Gasteiger partial charge in [0.25, 0.3) is 5.91 Å². The van der Waals surface area contributed by atoms with Gasteiger partial charge in [-0.25, -0.2) is 0 Å². The van der Waals surface area contributed by atoms with Gasteiger partial charge in [0.1, 0.15) is 11.5 Å². The molecule has 0 saturated heterocycles. The number of hydrogen-bond acceptors (Lipinski definition) is 4. The fourth-order valence-electron chi connectivity index (χ4n) is 2.34. The van der Waals surface area contributed by atoms with E-state index in [1.807, 2.05) is 38.1 Å². The SMILES string of the molecule is CCCCOc1ccc(C(=O)NC(=S)Nc2ccccc2OC(C)C)cc1Br. The average molecular weight is 465 g/mol. The first-order valence-corrected chi connectivity index (χ1v) is 10.4. The minimum absolute atomic E-state index is 0.0292. The lowest BCUT2D eigenvalue weighted by atomic mass is 10.2. The second-order valence-corrected chi connectivity index (χ2v) is 7.68. The van der Waals surface area contributed by atoms with Crippen LogP contribution in [0.1, 0.15) is 44.0 Å². The predicted molar refractivity (Wildman–Crippen MR) is 120 cm³/mol. The van der Waals surface area contributed by atoms with Crippen LogP contribution in [0.3, 0.4) is 0 Å². The van der Waals surface area contributed by atoms with E-state index in [0.29, 0.717) is 29.4 Å². The lowest BCUT2D eigenvalue weighted by Crippen LogP contribution is -2.34. The van der Waals surface area contributed by atoms with Crippen molar-refractivity contribution in [1.82, 2.24) is 5.32 Å². The van der Waals surface area contributed by atoms with Crippen LogP contribution in [0.25, 0.3) is 0 Å². The molecule has 28 heavy (non-hydrogen) atoms. The number of unbranched alkanes of at least 4 members (excludes halogenated alkanes) is 1. The highest BCUT2D eigenvalue weighted by Gasteiger charge is 2.12. The minimum atomic E-state index is -0.305. The van der Waals surface area contributed by atoms with Crippen LogP contribution >= 0.6 is 28.1 Å². The summed E-state index contributed by atoms with van der Waals surface area (Å²) in [5.74, 6) is 1.08. The van der Waals surface area contributed by atoms with E-state index in [2.05, 4.69) is 33.5 Å². The summed E-state index contributed by atoms with van der Waals surface area (Å²) in [4.78, 5) is 12.5. The molecule has 7 heteroatoms. The molecule has 0 radical (unpaired) electrons. The number of carbonyl (C=O) groups excluding carboxylic acids is 1. The molecule has 2 aromatic carbocycles. The van der Waals surface area contributed by atoms with Crippen LogP contribution in [0.4, 0.5) is 5.69 Å². The van der Waals surface area contributed by atoms with E-state index in [1.165, 1.54) is 0 Å². The smallest absolute Gasteiger partial charge is 0.257 e. The summed E-state index contributed by atoms with van der Waals surface area (Å²) in [5, 5.41) is 5.90. The molecule has 0 aliphatic rings. The molecule has 0 fully saturated rings. The summed E-state index contributed by atoms with van der Waals surface area (Å²) in [5.41, 5.74) is 1.17. The Bertz CT molecular complexity index is 827. The van der Waals surface area contributed by atoms with Gasteiger partial charge in [0, 0.05) is 5.56 Å². The predicted octanol–water partition coefficient (Wildman–Crippen LogP) is 5.54. The molecule has 1 amide bonds. The quantitative estimate of drug-likeness (QED) is 0.396. The van der Waals surface area contributed by atoms with Gasteiger partial charge in [-0.2, -0.15) is 0 Å². The Morgan fingerprint density at radius 3 is 2.61 bits per heavy atom. The molecule has 2 rings (SSSR count). The van der Waals surface area contributed by atoms with Crippen molar-refractivity contribution < 1.29 is 14.3 Å². The number of halogens is 1. The molecule has 0 spiro atoms. The van der Waals surface area contributed by atoms with Crippen LogP contribution in [0.15, 0.2) is 46.9 Å². The Balaban J connectivity index is 1.99. The van der Waals surface area contributed by atoms with Crippen molar-refractivity contribution in [3.8, 4) is 11.5 Å². The van der Waals surface area contributed by atoms with Gasteiger partial charge in [0.2, 0.25) is 0 Å². The van der Waals surface area contributed by atoms with Gasteiger partial charge in [-0.15, -0.1) is 0 Å². The first-order valence-electron chi connectivity index (χ1n) is 9.21. The monoisotopic (exact) mass is 464 g/mol. The first kappa shape index (κ1) is 22.2. The summed E-state index contributed by atoms with van der Waals surface area (Å²) in [6, 6.07) is 12.6. The van der Waals surface area contributed by atoms with Crippen molar-refractivity contribution in [2.75, 3.05) is 11.9 Å². The summed E-state index contributed by atoms with van der Waals surface area (Å²) >= 11 is 8.73. The molecule has 150 valence electrons. The highest BCUT2D eigenvalue weighted by molar-refractivity contribution is 9.10. The van der Waals surface area contributed by atoms with Crippen molar-refractivity contribution in [3.05, 3.63) is 52.5 Å². The Morgan fingerprint density at radius 2 is 1.93 bits per heavy atom. The molecule has 0 bridgehead atoms. The van der Waals surface area contributed by atoms with Crippen molar-refractivity contribution in [1.29, 1.82) is 0 Å². The normalized spacial score (nSPS) is 10.5. The van der Waals surface area contributed by atoms with Gasteiger partial charge in [-0.1, -0.05) is 25.5 Å². The van der Waals surface area contributed by atoms with Crippen molar-refractivity contribution in [2.24, 2.45) is 0 Å². The van der Waals surface area contributed by atoms with Crippen molar-refractivity contribution >= 4 is 44.9 Å². The third kappa shape index (κ3) is 6.80. The van der Waals surface area contributed by atoms with Gasteiger partial charge < -0.3 is 14.8 Å². The van der Waals surface area contributed by atoms with Crippen LogP contribution in [-0.2, 0) is 0 Å². The highest BCUT2D eigenvalue weighted by atomic mass is 79.9. The molecule has 0 atom stereocenters. The Labute approximate surface area is 179 Å². The zero-order chi connectivity index (χ0) is 20.5. The van der Waals surface area contributed by atoms with E-state index < -0.39 is 0 Å². The summed E-state index contributed by atoms with van der Waals surface area (Å²) < 4.78 is 12.2. The number of carbonyl (C=O) groups is 1. The van der Waals surface area contributed by atoms with Gasteiger partial charge in [0.15, 0.2) is 5.11 Å². The number of hydrogen-bond donors (Lipinski definition) is 2. The molecular weight excluding hydrogens is 440 g/mol. The number of para-hydroxylation sites is 2. The second kappa shape index (κ2) is 11.0. The molecule has 2 aromatic rings. The highest BCUT2D eigenvalue weighted by Crippen LogP contribution is 2.27. The molecule has 2 N–H and O–H groups in total. The maximum absolute atomic E-state index is 12.5. The summed E-state index contributed by atoms with van der Waals surface area (Å²) in [7, 11) is 0. The van der Waals surface area contributed by atoms with Crippen LogP contribution in [0.2, 0.25) is 0 Å². The van der Waals surface area contributed by atoms with Gasteiger partial charge in [-0.05, 0) is 78.7 Å². The van der Waals surface area contributed by atoms with Crippen LogP contribution < -0.4 is 20.1 Å². The van der Waals surface area contributed by atoms with Crippen molar-refractivity contribution in [2.45, 2.75) is 39.7 Å². The molecule has 0 aliphatic carbocycles.